The molecule has 0 heterocycles. The van der Waals surface area contributed by atoms with Crippen molar-refractivity contribution in [3.05, 3.63) is 64.7 Å². The smallest absolute Gasteiger partial charge is 0.254 e. The molecule has 1 N–H and O–H groups in total. The highest BCUT2D eigenvalue weighted by Gasteiger charge is 2.19. The van der Waals surface area contributed by atoms with Crippen molar-refractivity contribution in [2.75, 3.05) is 13.1 Å². The maximum Gasteiger partial charge on any atom is 0.254 e. The maximum atomic E-state index is 12.8. The Kier molecular flexibility index (Phi) is 6.81. The molecule has 26 heavy (non-hydrogen) atoms. The van der Waals surface area contributed by atoms with Gasteiger partial charge in [-0.15, -0.1) is 6.42 Å². The van der Waals surface area contributed by atoms with Crippen molar-refractivity contribution >= 4 is 27.5 Å². The van der Waals surface area contributed by atoms with E-state index < -0.39 is 10.0 Å². The van der Waals surface area contributed by atoms with E-state index in [9.17, 15) is 13.2 Å². The minimum Gasteiger partial charge on any atom is -0.335 e. The molecule has 0 unspecified atom stereocenters. The van der Waals surface area contributed by atoms with Crippen LogP contribution in [0.3, 0.4) is 0 Å². The third-order valence-corrected chi connectivity index (χ3v) is 5.51. The Hall–Kier alpha value is -2.33. The monoisotopic (exact) mass is 390 g/mol. The number of benzene rings is 2. The zero-order chi connectivity index (χ0) is 19.2. The molecule has 0 bridgehead atoms. The average molecular weight is 391 g/mol. The molecule has 2 aromatic carbocycles. The molecule has 0 atom stereocenters. The van der Waals surface area contributed by atoms with Crippen LogP contribution in [0.2, 0.25) is 5.02 Å². The van der Waals surface area contributed by atoms with E-state index in [2.05, 4.69) is 10.6 Å². The summed E-state index contributed by atoms with van der Waals surface area (Å²) >= 11 is 6.17. The van der Waals surface area contributed by atoms with Crippen LogP contribution in [0.1, 0.15) is 22.8 Å². The van der Waals surface area contributed by atoms with Gasteiger partial charge in [0.1, 0.15) is 0 Å². The zero-order valence-electron chi connectivity index (χ0n) is 14.3. The molecule has 0 aromatic heterocycles. The van der Waals surface area contributed by atoms with Gasteiger partial charge >= 0.3 is 0 Å². The SMILES string of the molecule is C#CCNS(=O)(=O)c1cccc(C(=O)N(CC)Cc2ccccc2Cl)c1. The molecule has 5 nitrogen and oxygen atoms in total. The number of carbonyl (C=O) groups excluding carboxylic acids is 1. The topological polar surface area (TPSA) is 66.5 Å². The van der Waals surface area contributed by atoms with Gasteiger partial charge in [0.25, 0.3) is 5.91 Å². The Morgan fingerprint density at radius 3 is 2.62 bits per heavy atom. The first-order chi connectivity index (χ1) is 12.4. The lowest BCUT2D eigenvalue weighted by atomic mass is 10.1. The van der Waals surface area contributed by atoms with Crippen LogP contribution in [0, 0.1) is 12.3 Å². The fraction of sp³-hybridized carbons (Fsp3) is 0.211. The molecule has 0 spiro atoms. The van der Waals surface area contributed by atoms with E-state index in [1.807, 2.05) is 25.1 Å². The average Bonchev–Trinajstić information content (AvgIpc) is 2.65. The highest BCUT2D eigenvalue weighted by atomic mass is 35.5. The fourth-order valence-corrected chi connectivity index (χ4v) is 3.53. The molecular formula is C19H19ClN2O3S. The number of terminal acetylenes is 1. The highest BCUT2D eigenvalue weighted by molar-refractivity contribution is 7.89. The van der Waals surface area contributed by atoms with Crippen LogP contribution in [0.4, 0.5) is 0 Å². The van der Waals surface area contributed by atoms with Crippen molar-refractivity contribution in [3.63, 3.8) is 0 Å². The molecule has 0 saturated carbocycles. The Bertz CT molecular complexity index is 936. The minimum atomic E-state index is -3.76. The number of halogens is 1. The summed E-state index contributed by atoms with van der Waals surface area (Å²) in [4.78, 5) is 14.4. The van der Waals surface area contributed by atoms with Crippen LogP contribution in [-0.2, 0) is 16.6 Å². The molecule has 0 aliphatic heterocycles. The zero-order valence-corrected chi connectivity index (χ0v) is 15.8. The van der Waals surface area contributed by atoms with Crippen LogP contribution < -0.4 is 4.72 Å². The molecule has 0 aliphatic carbocycles. The summed E-state index contributed by atoms with van der Waals surface area (Å²) in [6, 6.07) is 13.2. The predicted molar refractivity (Wildman–Crippen MR) is 102 cm³/mol. The Balaban J connectivity index is 2.26. The number of hydrogen-bond acceptors (Lipinski definition) is 3. The predicted octanol–water partition coefficient (Wildman–Crippen LogP) is 2.91. The molecule has 0 radical (unpaired) electrons. The van der Waals surface area contributed by atoms with E-state index >= 15 is 0 Å². The van der Waals surface area contributed by atoms with E-state index in [1.54, 1.807) is 17.0 Å². The molecule has 1 amide bonds. The van der Waals surface area contributed by atoms with Gasteiger partial charge in [-0.1, -0.05) is 41.8 Å². The van der Waals surface area contributed by atoms with Gasteiger partial charge in [-0.3, -0.25) is 4.79 Å². The van der Waals surface area contributed by atoms with Crippen molar-refractivity contribution in [2.45, 2.75) is 18.4 Å². The Morgan fingerprint density at radius 2 is 1.96 bits per heavy atom. The minimum absolute atomic E-state index is 0.00704. The van der Waals surface area contributed by atoms with Gasteiger partial charge in [-0.2, -0.15) is 4.72 Å². The van der Waals surface area contributed by atoms with Gasteiger partial charge in [-0.25, -0.2) is 8.42 Å². The summed E-state index contributed by atoms with van der Waals surface area (Å²) in [6.45, 7) is 2.52. The van der Waals surface area contributed by atoms with Crippen LogP contribution >= 0.6 is 11.6 Å². The van der Waals surface area contributed by atoms with Crippen molar-refractivity contribution in [3.8, 4) is 12.3 Å². The Morgan fingerprint density at radius 1 is 1.23 bits per heavy atom. The largest absolute Gasteiger partial charge is 0.335 e. The summed E-state index contributed by atoms with van der Waals surface area (Å²) in [7, 11) is -3.76. The maximum absolute atomic E-state index is 12.8. The number of carbonyl (C=O) groups is 1. The second-order valence-corrected chi connectivity index (χ2v) is 7.64. The number of sulfonamides is 1. The van der Waals surface area contributed by atoms with E-state index in [-0.39, 0.29) is 22.9 Å². The van der Waals surface area contributed by atoms with Crippen molar-refractivity contribution < 1.29 is 13.2 Å². The quantitative estimate of drug-likeness (QED) is 0.739. The standard InChI is InChI=1S/C19H19ClN2O3S/c1-3-12-21-26(24,25)17-10-7-9-15(13-17)19(23)22(4-2)14-16-8-5-6-11-18(16)20/h1,5-11,13,21H,4,12,14H2,2H3. The van der Waals surface area contributed by atoms with E-state index in [1.165, 1.54) is 18.2 Å². The summed E-state index contributed by atoms with van der Waals surface area (Å²) in [5.74, 6) is 1.94. The molecular weight excluding hydrogens is 372 g/mol. The summed E-state index contributed by atoms with van der Waals surface area (Å²) < 4.78 is 26.7. The van der Waals surface area contributed by atoms with Gasteiger partial charge in [0.15, 0.2) is 0 Å². The molecule has 0 saturated heterocycles. The van der Waals surface area contributed by atoms with E-state index in [0.29, 0.717) is 18.1 Å². The van der Waals surface area contributed by atoms with Crippen molar-refractivity contribution in [2.24, 2.45) is 0 Å². The lowest BCUT2D eigenvalue weighted by molar-refractivity contribution is 0.0752. The number of amides is 1. The van der Waals surface area contributed by atoms with Crippen molar-refractivity contribution in [1.29, 1.82) is 0 Å². The van der Waals surface area contributed by atoms with Crippen LogP contribution in [0.5, 0.6) is 0 Å². The van der Waals surface area contributed by atoms with Crippen LogP contribution in [-0.4, -0.2) is 32.3 Å². The van der Waals surface area contributed by atoms with Gasteiger partial charge in [-0.05, 0) is 36.8 Å². The molecule has 2 rings (SSSR count). The summed E-state index contributed by atoms with van der Waals surface area (Å²) in [5.41, 5.74) is 1.10. The van der Waals surface area contributed by atoms with Gasteiger partial charge in [0, 0.05) is 23.7 Å². The number of hydrogen-bond donors (Lipinski definition) is 1. The highest BCUT2D eigenvalue weighted by Crippen LogP contribution is 2.19. The summed E-state index contributed by atoms with van der Waals surface area (Å²) in [6.07, 6.45) is 5.09. The molecule has 0 aliphatic rings. The molecule has 0 fully saturated rings. The van der Waals surface area contributed by atoms with Crippen LogP contribution in [0.25, 0.3) is 0 Å². The molecule has 2 aromatic rings. The Labute approximate surface area is 159 Å². The summed E-state index contributed by atoms with van der Waals surface area (Å²) in [5, 5.41) is 0.577. The second kappa shape index (κ2) is 8.86. The van der Waals surface area contributed by atoms with Gasteiger partial charge < -0.3 is 4.90 Å². The second-order valence-electron chi connectivity index (χ2n) is 5.47. The first-order valence-corrected chi connectivity index (χ1v) is 9.81. The third-order valence-electron chi connectivity index (χ3n) is 3.74. The van der Waals surface area contributed by atoms with Crippen LogP contribution in [0.15, 0.2) is 53.4 Å². The third kappa shape index (κ3) is 4.85. The molecule has 7 heteroatoms. The normalized spacial score (nSPS) is 11.0. The van der Waals surface area contributed by atoms with E-state index in [4.69, 9.17) is 18.0 Å². The lowest BCUT2D eigenvalue weighted by Crippen LogP contribution is -2.31. The number of rotatable bonds is 7. The number of nitrogens with zero attached hydrogens (tertiary/aromatic N) is 1. The first-order valence-electron chi connectivity index (χ1n) is 7.95. The fourth-order valence-electron chi connectivity index (χ4n) is 2.36. The first kappa shape index (κ1) is 20.0. The van der Waals surface area contributed by atoms with Gasteiger partial charge in [0.2, 0.25) is 10.0 Å². The van der Waals surface area contributed by atoms with Gasteiger partial charge in [0.05, 0.1) is 11.4 Å². The van der Waals surface area contributed by atoms with Crippen molar-refractivity contribution in [1.82, 2.24) is 9.62 Å². The number of nitrogens with one attached hydrogen (secondary N) is 1. The molecule has 136 valence electrons. The van der Waals surface area contributed by atoms with E-state index in [0.717, 1.165) is 5.56 Å². The lowest BCUT2D eigenvalue weighted by Gasteiger charge is -2.22.